The SMILES string of the molecule is CCN(C)Cc1cccc(CNC(=NC)NCCCOCc2ccco2)c1. The molecule has 0 atom stereocenters. The van der Waals surface area contributed by atoms with Crippen LogP contribution in [-0.4, -0.2) is 44.7 Å². The maximum absolute atomic E-state index is 5.58. The Morgan fingerprint density at radius 2 is 2.04 bits per heavy atom. The van der Waals surface area contributed by atoms with Crippen LogP contribution in [-0.2, 0) is 24.4 Å². The molecule has 148 valence electrons. The lowest BCUT2D eigenvalue weighted by molar-refractivity contribution is 0.105. The van der Waals surface area contributed by atoms with Gasteiger partial charge in [-0.05, 0) is 43.3 Å². The van der Waals surface area contributed by atoms with E-state index in [2.05, 4.69) is 58.8 Å². The summed E-state index contributed by atoms with van der Waals surface area (Å²) < 4.78 is 10.8. The summed E-state index contributed by atoms with van der Waals surface area (Å²) in [5, 5.41) is 6.68. The number of hydrogen-bond donors (Lipinski definition) is 2. The molecule has 2 aromatic rings. The van der Waals surface area contributed by atoms with E-state index in [1.54, 1.807) is 13.3 Å². The first-order chi connectivity index (χ1) is 13.2. The van der Waals surface area contributed by atoms with Crippen molar-refractivity contribution in [3.63, 3.8) is 0 Å². The van der Waals surface area contributed by atoms with Crippen molar-refractivity contribution in [2.75, 3.05) is 33.8 Å². The van der Waals surface area contributed by atoms with Gasteiger partial charge in [0.05, 0.1) is 6.26 Å². The van der Waals surface area contributed by atoms with Crippen LogP contribution in [0.3, 0.4) is 0 Å². The standard InChI is InChI=1S/C21H32N4O2/c1-4-25(3)16-19-9-5-8-18(14-19)15-24-21(22-2)23-11-7-12-26-17-20-10-6-13-27-20/h5-6,8-10,13-14H,4,7,11-12,15-17H2,1-3H3,(H2,22,23,24). The van der Waals surface area contributed by atoms with E-state index in [-0.39, 0.29) is 0 Å². The average Bonchev–Trinajstić information content (AvgIpc) is 3.20. The molecule has 0 amide bonds. The molecule has 0 aliphatic heterocycles. The van der Waals surface area contributed by atoms with Gasteiger partial charge in [0.25, 0.3) is 0 Å². The zero-order valence-electron chi connectivity index (χ0n) is 16.7. The summed E-state index contributed by atoms with van der Waals surface area (Å²) in [6.07, 6.45) is 2.56. The minimum atomic E-state index is 0.517. The summed E-state index contributed by atoms with van der Waals surface area (Å²) in [5.41, 5.74) is 2.58. The van der Waals surface area contributed by atoms with E-state index in [0.717, 1.165) is 44.3 Å². The first-order valence-corrected chi connectivity index (χ1v) is 9.52. The van der Waals surface area contributed by atoms with E-state index < -0.39 is 0 Å². The molecule has 27 heavy (non-hydrogen) atoms. The second-order valence-corrected chi connectivity index (χ2v) is 6.49. The third-order valence-corrected chi connectivity index (χ3v) is 4.25. The molecule has 0 fully saturated rings. The Morgan fingerprint density at radius 3 is 2.78 bits per heavy atom. The largest absolute Gasteiger partial charge is 0.467 e. The molecule has 0 saturated heterocycles. The summed E-state index contributed by atoms with van der Waals surface area (Å²) in [6, 6.07) is 12.5. The molecule has 0 spiro atoms. The van der Waals surface area contributed by atoms with E-state index in [0.29, 0.717) is 13.2 Å². The van der Waals surface area contributed by atoms with Gasteiger partial charge in [0.15, 0.2) is 5.96 Å². The Labute approximate surface area is 162 Å². The van der Waals surface area contributed by atoms with E-state index in [1.807, 2.05) is 12.1 Å². The molecule has 1 aromatic carbocycles. The van der Waals surface area contributed by atoms with Crippen LogP contribution >= 0.6 is 0 Å². The highest BCUT2D eigenvalue weighted by molar-refractivity contribution is 5.79. The summed E-state index contributed by atoms with van der Waals surface area (Å²) in [6.45, 7) is 6.93. The predicted octanol–water partition coefficient (Wildman–Crippen LogP) is 3.00. The summed E-state index contributed by atoms with van der Waals surface area (Å²) >= 11 is 0. The second-order valence-electron chi connectivity index (χ2n) is 6.49. The third-order valence-electron chi connectivity index (χ3n) is 4.25. The number of ether oxygens (including phenoxy) is 1. The fourth-order valence-electron chi connectivity index (χ4n) is 2.62. The van der Waals surface area contributed by atoms with Crippen molar-refractivity contribution in [1.29, 1.82) is 0 Å². The van der Waals surface area contributed by atoms with Crippen LogP contribution in [0, 0.1) is 0 Å². The number of nitrogens with one attached hydrogen (secondary N) is 2. The van der Waals surface area contributed by atoms with Crippen molar-refractivity contribution in [3.8, 4) is 0 Å². The lowest BCUT2D eigenvalue weighted by Crippen LogP contribution is -2.37. The maximum atomic E-state index is 5.58. The zero-order chi connectivity index (χ0) is 19.3. The average molecular weight is 373 g/mol. The minimum absolute atomic E-state index is 0.517. The number of furan rings is 1. The van der Waals surface area contributed by atoms with Crippen LogP contribution in [0.1, 0.15) is 30.2 Å². The molecule has 6 heteroatoms. The normalized spacial score (nSPS) is 11.8. The number of hydrogen-bond acceptors (Lipinski definition) is 4. The molecule has 0 aliphatic carbocycles. The van der Waals surface area contributed by atoms with Crippen LogP contribution < -0.4 is 10.6 Å². The van der Waals surface area contributed by atoms with Crippen molar-refractivity contribution >= 4 is 5.96 Å². The third kappa shape index (κ3) is 8.28. The topological polar surface area (TPSA) is 62.0 Å². The van der Waals surface area contributed by atoms with Crippen LogP contribution in [0.2, 0.25) is 0 Å². The highest BCUT2D eigenvalue weighted by Crippen LogP contribution is 2.07. The Bertz CT molecular complexity index is 671. The van der Waals surface area contributed by atoms with Gasteiger partial charge in [-0.1, -0.05) is 31.2 Å². The molecule has 1 heterocycles. The highest BCUT2D eigenvalue weighted by Gasteiger charge is 2.02. The number of benzene rings is 1. The van der Waals surface area contributed by atoms with Crippen molar-refractivity contribution in [2.24, 2.45) is 4.99 Å². The van der Waals surface area contributed by atoms with E-state index in [1.165, 1.54) is 11.1 Å². The molecule has 2 rings (SSSR count). The van der Waals surface area contributed by atoms with Gasteiger partial charge in [-0.15, -0.1) is 0 Å². The van der Waals surface area contributed by atoms with Gasteiger partial charge in [-0.3, -0.25) is 4.99 Å². The van der Waals surface area contributed by atoms with Crippen LogP contribution in [0.15, 0.2) is 52.1 Å². The Balaban J connectivity index is 1.64. The number of nitrogens with zero attached hydrogens (tertiary/aromatic N) is 2. The minimum Gasteiger partial charge on any atom is -0.467 e. The quantitative estimate of drug-likeness (QED) is 0.361. The summed E-state index contributed by atoms with van der Waals surface area (Å²) in [5.74, 6) is 1.66. The Morgan fingerprint density at radius 1 is 1.19 bits per heavy atom. The molecular weight excluding hydrogens is 340 g/mol. The lowest BCUT2D eigenvalue weighted by atomic mass is 10.1. The molecular formula is C21H32N4O2. The highest BCUT2D eigenvalue weighted by atomic mass is 16.5. The van der Waals surface area contributed by atoms with E-state index in [4.69, 9.17) is 9.15 Å². The Hall–Kier alpha value is -2.31. The molecule has 0 saturated carbocycles. The second kappa shape index (κ2) is 12.1. The van der Waals surface area contributed by atoms with Gasteiger partial charge >= 0.3 is 0 Å². The Kier molecular flexibility index (Phi) is 9.44. The molecule has 0 unspecified atom stereocenters. The number of aliphatic imine (C=N–C) groups is 1. The van der Waals surface area contributed by atoms with E-state index >= 15 is 0 Å². The summed E-state index contributed by atoms with van der Waals surface area (Å²) in [7, 11) is 3.92. The van der Waals surface area contributed by atoms with Crippen molar-refractivity contribution in [1.82, 2.24) is 15.5 Å². The monoisotopic (exact) mass is 372 g/mol. The zero-order valence-corrected chi connectivity index (χ0v) is 16.7. The van der Waals surface area contributed by atoms with Gasteiger partial charge in [-0.2, -0.15) is 0 Å². The lowest BCUT2D eigenvalue weighted by Gasteiger charge is -2.15. The molecule has 0 bridgehead atoms. The molecule has 2 N–H and O–H groups in total. The fraction of sp³-hybridized carbons (Fsp3) is 0.476. The summed E-state index contributed by atoms with van der Waals surface area (Å²) in [4.78, 5) is 6.57. The van der Waals surface area contributed by atoms with Gasteiger partial charge in [0, 0.05) is 33.3 Å². The molecule has 1 aromatic heterocycles. The van der Waals surface area contributed by atoms with Gasteiger partial charge in [-0.25, -0.2) is 0 Å². The van der Waals surface area contributed by atoms with Gasteiger partial charge in [0.2, 0.25) is 0 Å². The number of rotatable bonds is 11. The first kappa shape index (κ1) is 21.0. The number of guanidine groups is 1. The van der Waals surface area contributed by atoms with Crippen molar-refractivity contribution < 1.29 is 9.15 Å². The molecule has 0 radical (unpaired) electrons. The first-order valence-electron chi connectivity index (χ1n) is 9.52. The molecule has 0 aliphatic rings. The molecule has 6 nitrogen and oxygen atoms in total. The smallest absolute Gasteiger partial charge is 0.191 e. The van der Waals surface area contributed by atoms with Gasteiger partial charge < -0.3 is 24.7 Å². The van der Waals surface area contributed by atoms with E-state index in [9.17, 15) is 0 Å². The van der Waals surface area contributed by atoms with Crippen molar-refractivity contribution in [3.05, 3.63) is 59.5 Å². The fourth-order valence-corrected chi connectivity index (χ4v) is 2.62. The maximum Gasteiger partial charge on any atom is 0.191 e. The predicted molar refractivity (Wildman–Crippen MR) is 110 cm³/mol. The van der Waals surface area contributed by atoms with Crippen LogP contribution in [0.4, 0.5) is 0 Å². The van der Waals surface area contributed by atoms with Crippen LogP contribution in [0.5, 0.6) is 0 Å². The van der Waals surface area contributed by atoms with Crippen molar-refractivity contribution in [2.45, 2.75) is 33.0 Å². The van der Waals surface area contributed by atoms with Crippen LogP contribution in [0.25, 0.3) is 0 Å². The van der Waals surface area contributed by atoms with Gasteiger partial charge in [0.1, 0.15) is 12.4 Å².